The number of hydrogen-bond donors (Lipinski definition) is 2. The zero-order valence-corrected chi connectivity index (χ0v) is 26.4. The lowest BCUT2D eigenvalue weighted by Crippen LogP contribution is -2.41. The molecule has 8 heteroatoms. The summed E-state index contributed by atoms with van der Waals surface area (Å²) >= 11 is 1.49. The molecule has 0 saturated carbocycles. The number of unbranched alkanes of at least 4 members (excludes halogenated alkanes) is 3. The summed E-state index contributed by atoms with van der Waals surface area (Å²) in [5.41, 5.74) is -1.26. The van der Waals surface area contributed by atoms with E-state index in [9.17, 15) is 19.8 Å². The number of carbonyl (C=O) groups excluding carboxylic acids is 1. The Morgan fingerprint density at radius 3 is 2.42 bits per heavy atom. The Balaban J connectivity index is 2.02. The third-order valence-electron chi connectivity index (χ3n) is 7.87. The van der Waals surface area contributed by atoms with E-state index in [0.29, 0.717) is 17.2 Å². The van der Waals surface area contributed by atoms with Crippen molar-refractivity contribution >= 4 is 25.4 Å². The number of thiophene rings is 1. The molecule has 214 valence electrons. The smallest absolute Gasteiger partial charge is 0.350 e. The van der Waals surface area contributed by atoms with Crippen LogP contribution in [0.15, 0.2) is 27.4 Å². The molecule has 6 nitrogen and oxygen atoms in total. The summed E-state index contributed by atoms with van der Waals surface area (Å²) in [7, 11) is -1.82. The van der Waals surface area contributed by atoms with Gasteiger partial charge in [0.05, 0.1) is 12.0 Å². The van der Waals surface area contributed by atoms with E-state index in [1.165, 1.54) is 41.5 Å². The minimum atomic E-state index is -1.82. The molecule has 2 aromatic rings. The second-order valence-electron chi connectivity index (χ2n) is 12.1. The Bertz CT molecular complexity index is 1100. The second kappa shape index (κ2) is 14.1. The summed E-state index contributed by atoms with van der Waals surface area (Å²) in [6.07, 6.45) is 6.07. The van der Waals surface area contributed by atoms with Gasteiger partial charge in [0.1, 0.15) is 17.1 Å². The summed E-state index contributed by atoms with van der Waals surface area (Å²) in [4.78, 5) is 27.8. The van der Waals surface area contributed by atoms with Gasteiger partial charge in [-0.15, -0.1) is 11.3 Å². The van der Waals surface area contributed by atoms with Gasteiger partial charge in [-0.05, 0) is 55.9 Å². The van der Waals surface area contributed by atoms with Crippen LogP contribution in [0.4, 0.5) is 0 Å². The maximum atomic E-state index is 13.1. The van der Waals surface area contributed by atoms with Gasteiger partial charge >= 0.3 is 5.63 Å². The zero-order valence-electron chi connectivity index (χ0n) is 24.6. The van der Waals surface area contributed by atoms with Crippen LogP contribution in [0.25, 0.3) is 0 Å². The van der Waals surface area contributed by atoms with E-state index in [1.54, 1.807) is 6.92 Å². The average molecular weight is 565 g/mol. The minimum absolute atomic E-state index is 0.120. The highest BCUT2D eigenvalue weighted by Crippen LogP contribution is 2.37. The monoisotopic (exact) mass is 564 g/mol. The molecule has 3 unspecified atom stereocenters. The molecule has 0 bridgehead atoms. The molecule has 0 aliphatic heterocycles. The molecule has 0 fully saturated rings. The van der Waals surface area contributed by atoms with Crippen molar-refractivity contribution in [2.45, 2.75) is 117 Å². The molecule has 0 spiro atoms. The Labute approximate surface area is 233 Å². The Morgan fingerprint density at radius 1 is 1.13 bits per heavy atom. The van der Waals surface area contributed by atoms with E-state index in [0.717, 1.165) is 25.7 Å². The summed E-state index contributed by atoms with van der Waals surface area (Å²) in [6.45, 7) is 17.4. The fraction of sp³-hybridized carbons (Fsp3) is 0.667. The van der Waals surface area contributed by atoms with Crippen molar-refractivity contribution in [2.24, 2.45) is 5.92 Å². The zero-order chi connectivity index (χ0) is 28.7. The van der Waals surface area contributed by atoms with Gasteiger partial charge in [-0.1, -0.05) is 60.8 Å². The van der Waals surface area contributed by atoms with Crippen LogP contribution in [0.2, 0.25) is 18.1 Å². The van der Waals surface area contributed by atoms with Crippen LogP contribution in [-0.4, -0.2) is 30.9 Å². The summed E-state index contributed by atoms with van der Waals surface area (Å²) in [5.74, 6) is -1.69. The van der Waals surface area contributed by atoms with Crippen LogP contribution in [0.5, 0.6) is 5.75 Å². The lowest BCUT2D eigenvalue weighted by atomic mass is 9.93. The number of ketones is 1. The van der Waals surface area contributed by atoms with Gasteiger partial charge in [-0.25, -0.2) is 4.79 Å². The molecule has 0 aliphatic carbocycles. The number of carbonyl (C=O) groups is 1. The van der Waals surface area contributed by atoms with Crippen LogP contribution >= 0.6 is 11.3 Å². The normalized spacial score (nSPS) is 14.9. The number of aliphatic hydroxyl groups is 1. The molecule has 0 saturated heterocycles. The molecule has 0 amide bonds. The Morgan fingerprint density at radius 2 is 1.82 bits per heavy atom. The first-order valence-electron chi connectivity index (χ1n) is 14.0. The van der Waals surface area contributed by atoms with Crippen molar-refractivity contribution in [3.8, 4) is 5.75 Å². The molecule has 0 aromatic carbocycles. The van der Waals surface area contributed by atoms with Crippen LogP contribution in [-0.2, 0) is 10.8 Å². The molecule has 2 aromatic heterocycles. The largest absolute Gasteiger partial charge is 0.507 e. The van der Waals surface area contributed by atoms with Crippen LogP contribution in [0, 0.1) is 5.92 Å². The lowest BCUT2D eigenvalue weighted by molar-refractivity contribution is 0.0715. The van der Waals surface area contributed by atoms with Gasteiger partial charge < -0.3 is 19.1 Å². The van der Waals surface area contributed by atoms with E-state index in [1.807, 2.05) is 19.1 Å². The summed E-state index contributed by atoms with van der Waals surface area (Å²) in [5, 5.41) is 21.6. The van der Waals surface area contributed by atoms with E-state index < -0.39 is 43.1 Å². The number of Topliss-reactive ketones (excluding diaryl/α,β-unsaturated/α-hetero) is 1. The van der Waals surface area contributed by atoms with Crippen LogP contribution in [0.1, 0.15) is 118 Å². The van der Waals surface area contributed by atoms with Crippen molar-refractivity contribution in [3.63, 3.8) is 0 Å². The topological polar surface area (TPSA) is 97.0 Å². The van der Waals surface area contributed by atoms with Gasteiger partial charge in [0.2, 0.25) is 0 Å². The maximum Gasteiger partial charge on any atom is 0.350 e. The molecule has 2 rings (SSSR count). The SMILES string of the molecule is CCCCCCc1ccc(C(O)C(C)C(=O)c2c(O)cc(C(C)CCCO[Si](C)(C)C(C)(C)C)oc2=O)s1. The highest BCUT2D eigenvalue weighted by Gasteiger charge is 2.37. The Kier molecular flexibility index (Phi) is 12.0. The van der Waals surface area contributed by atoms with Crippen molar-refractivity contribution in [1.29, 1.82) is 0 Å². The van der Waals surface area contributed by atoms with Crippen molar-refractivity contribution in [3.05, 3.63) is 49.7 Å². The first kappa shape index (κ1) is 32.5. The lowest BCUT2D eigenvalue weighted by Gasteiger charge is -2.36. The molecule has 0 aliphatic rings. The second-order valence-corrected chi connectivity index (χ2v) is 18.1. The van der Waals surface area contributed by atoms with E-state index >= 15 is 0 Å². The molecular formula is C30H48O6SSi. The molecule has 2 N–H and O–H groups in total. The van der Waals surface area contributed by atoms with E-state index in [-0.39, 0.29) is 11.0 Å². The molecule has 2 heterocycles. The van der Waals surface area contributed by atoms with E-state index in [2.05, 4.69) is 40.8 Å². The quantitative estimate of drug-likeness (QED) is 0.129. The van der Waals surface area contributed by atoms with Gasteiger partial charge in [0, 0.05) is 28.3 Å². The van der Waals surface area contributed by atoms with Crippen molar-refractivity contribution < 1.29 is 23.9 Å². The van der Waals surface area contributed by atoms with Gasteiger partial charge in [0.25, 0.3) is 0 Å². The molecular weight excluding hydrogens is 516 g/mol. The number of hydrogen-bond acceptors (Lipinski definition) is 7. The highest BCUT2D eigenvalue weighted by atomic mass is 32.1. The predicted molar refractivity (Wildman–Crippen MR) is 158 cm³/mol. The van der Waals surface area contributed by atoms with Gasteiger partial charge in [0.15, 0.2) is 14.1 Å². The summed E-state index contributed by atoms with van der Waals surface area (Å²) in [6, 6.07) is 5.20. The Hall–Kier alpha value is -1.74. The van der Waals surface area contributed by atoms with Crippen molar-refractivity contribution in [1.82, 2.24) is 0 Å². The number of aromatic hydroxyl groups is 1. The fourth-order valence-electron chi connectivity index (χ4n) is 4.08. The number of aryl methyl sites for hydroxylation is 1. The molecule has 3 atom stereocenters. The number of rotatable bonds is 15. The third-order valence-corrected chi connectivity index (χ3v) is 13.6. The summed E-state index contributed by atoms with van der Waals surface area (Å²) < 4.78 is 11.7. The molecule has 0 radical (unpaired) electrons. The average Bonchev–Trinajstić information content (AvgIpc) is 3.31. The first-order chi connectivity index (χ1) is 17.7. The van der Waals surface area contributed by atoms with Gasteiger partial charge in [-0.3, -0.25) is 4.79 Å². The molecule has 38 heavy (non-hydrogen) atoms. The van der Waals surface area contributed by atoms with Crippen LogP contribution < -0.4 is 5.63 Å². The van der Waals surface area contributed by atoms with Gasteiger partial charge in [-0.2, -0.15) is 0 Å². The van der Waals surface area contributed by atoms with Crippen molar-refractivity contribution in [2.75, 3.05) is 6.61 Å². The number of aliphatic hydroxyl groups excluding tert-OH is 1. The predicted octanol–water partition coefficient (Wildman–Crippen LogP) is 7.99. The first-order valence-corrected chi connectivity index (χ1v) is 17.7. The van der Waals surface area contributed by atoms with E-state index in [4.69, 9.17) is 8.84 Å². The highest BCUT2D eigenvalue weighted by molar-refractivity contribution is 7.12. The standard InChI is InChI=1S/C30H48O6SSi/c1-9-10-11-12-15-22-16-17-25(37-22)27(32)21(3)28(33)26-23(31)19-24(36-29(26)34)20(2)14-13-18-35-38(7,8)30(4,5)6/h16-17,19-21,27,31-32H,9-15,18H2,1-8H3. The van der Waals surface area contributed by atoms with Crippen LogP contribution in [0.3, 0.4) is 0 Å². The minimum Gasteiger partial charge on any atom is -0.507 e. The fourth-order valence-corrected chi connectivity index (χ4v) is 6.31. The third kappa shape index (κ3) is 8.63. The maximum absolute atomic E-state index is 13.1.